The van der Waals surface area contributed by atoms with E-state index in [2.05, 4.69) is 10.3 Å². The number of nitrogens with zero attached hydrogens (tertiary/aromatic N) is 2. The molecule has 0 unspecified atom stereocenters. The molecule has 0 atom stereocenters. The first-order valence-corrected chi connectivity index (χ1v) is 12.0. The Labute approximate surface area is 211 Å². The second-order valence-corrected chi connectivity index (χ2v) is 8.96. The highest BCUT2D eigenvalue weighted by Gasteiger charge is 2.21. The quantitative estimate of drug-likeness (QED) is 0.270. The maximum Gasteiger partial charge on any atom is 0.348 e. The number of aryl methyl sites for hydroxylation is 2. The van der Waals surface area contributed by atoms with Gasteiger partial charge in [0.15, 0.2) is 0 Å². The number of carbonyl (C=O) groups excluding carboxylic acids is 2. The molecule has 36 heavy (non-hydrogen) atoms. The number of para-hydroxylation sites is 1. The predicted octanol–water partition coefficient (Wildman–Crippen LogP) is 3.96. The first-order chi connectivity index (χ1) is 17.4. The van der Waals surface area contributed by atoms with Gasteiger partial charge in [-0.05, 0) is 49.2 Å². The first-order valence-electron chi connectivity index (χ1n) is 11.2. The van der Waals surface area contributed by atoms with E-state index in [0.717, 1.165) is 16.9 Å². The summed E-state index contributed by atoms with van der Waals surface area (Å²) in [7, 11) is 1.51. The first kappa shape index (κ1) is 24.9. The topological polar surface area (TPSA) is 109 Å². The fourth-order valence-electron chi connectivity index (χ4n) is 3.61. The van der Waals surface area contributed by atoms with Crippen LogP contribution in [0.25, 0.3) is 10.2 Å². The van der Waals surface area contributed by atoms with Crippen LogP contribution in [0.3, 0.4) is 0 Å². The summed E-state index contributed by atoms with van der Waals surface area (Å²) in [5, 5.41) is 3.06. The summed E-state index contributed by atoms with van der Waals surface area (Å²) in [5.41, 5.74) is 1.52. The van der Waals surface area contributed by atoms with Gasteiger partial charge < -0.3 is 19.5 Å². The molecule has 0 aliphatic rings. The molecule has 0 aliphatic carbocycles. The average molecular weight is 508 g/mol. The van der Waals surface area contributed by atoms with E-state index in [9.17, 15) is 14.4 Å². The predicted molar refractivity (Wildman–Crippen MR) is 137 cm³/mol. The molecule has 1 amide bonds. The van der Waals surface area contributed by atoms with Crippen LogP contribution in [-0.4, -0.2) is 41.8 Å². The smallest absolute Gasteiger partial charge is 0.348 e. The molecule has 10 heteroatoms. The van der Waals surface area contributed by atoms with Crippen molar-refractivity contribution in [3.63, 3.8) is 0 Å². The summed E-state index contributed by atoms with van der Waals surface area (Å²) in [4.78, 5) is 43.4. The molecule has 0 spiro atoms. The van der Waals surface area contributed by atoms with Gasteiger partial charge in [-0.1, -0.05) is 24.3 Å². The number of ether oxygens (including phenoxy) is 3. The van der Waals surface area contributed by atoms with Gasteiger partial charge in [0.2, 0.25) is 5.91 Å². The van der Waals surface area contributed by atoms with Crippen LogP contribution < -0.4 is 20.3 Å². The number of esters is 1. The van der Waals surface area contributed by atoms with Crippen molar-refractivity contribution in [3.8, 4) is 11.5 Å². The van der Waals surface area contributed by atoms with Crippen molar-refractivity contribution in [1.82, 2.24) is 9.55 Å². The largest absolute Gasteiger partial charge is 0.495 e. The third-order valence-electron chi connectivity index (χ3n) is 5.37. The molecule has 1 N–H and O–H groups in total. The third-order valence-corrected chi connectivity index (χ3v) is 6.55. The molecular formula is C26H25N3O6S. The molecule has 0 fully saturated rings. The van der Waals surface area contributed by atoms with Gasteiger partial charge in [0, 0.05) is 0 Å². The molecule has 9 nitrogen and oxygen atoms in total. The van der Waals surface area contributed by atoms with Crippen LogP contribution in [0.5, 0.6) is 11.5 Å². The Kier molecular flexibility index (Phi) is 7.65. The van der Waals surface area contributed by atoms with Gasteiger partial charge in [-0.2, -0.15) is 0 Å². The molecule has 2 aromatic carbocycles. The van der Waals surface area contributed by atoms with E-state index in [4.69, 9.17) is 14.2 Å². The molecule has 0 saturated heterocycles. The van der Waals surface area contributed by atoms with E-state index in [0.29, 0.717) is 32.5 Å². The molecule has 2 heterocycles. The van der Waals surface area contributed by atoms with Crippen LogP contribution in [0.4, 0.5) is 5.69 Å². The van der Waals surface area contributed by atoms with Gasteiger partial charge in [-0.25, -0.2) is 9.78 Å². The molecule has 186 valence electrons. The molecule has 0 radical (unpaired) electrons. The Morgan fingerprint density at radius 3 is 2.61 bits per heavy atom. The maximum absolute atomic E-state index is 13.1. The highest BCUT2D eigenvalue weighted by atomic mass is 32.1. The summed E-state index contributed by atoms with van der Waals surface area (Å²) in [6.45, 7) is 3.58. The van der Waals surface area contributed by atoms with Crippen LogP contribution in [0.2, 0.25) is 0 Å². The van der Waals surface area contributed by atoms with E-state index in [1.54, 1.807) is 19.1 Å². The number of amides is 1. The molecule has 4 aromatic rings. The second-order valence-electron chi connectivity index (χ2n) is 7.96. The van der Waals surface area contributed by atoms with Crippen molar-refractivity contribution in [2.24, 2.45) is 0 Å². The lowest BCUT2D eigenvalue weighted by molar-refractivity contribution is -0.116. The summed E-state index contributed by atoms with van der Waals surface area (Å²) < 4.78 is 17.4. The fourth-order valence-corrected chi connectivity index (χ4v) is 4.64. The van der Waals surface area contributed by atoms with Crippen LogP contribution >= 0.6 is 11.3 Å². The number of hydrogen-bond acceptors (Lipinski definition) is 8. The van der Waals surface area contributed by atoms with Crippen molar-refractivity contribution in [1.29, 1.82) is 0 Å². The lowest BCUT2D eigenvalue weighted by Crippen LogP contribution is -2.28. The summed E-state index contributed by atoms with van der Waals surface area (Å²) in [6, 6.07) is 14.6. The van der Waals surface area contributed by atoms with E-state index in [-0.39, 0.29) is 25.1 Å². The van der Waals surface area contributed by atoms with Crippen molar-refractivity contribution in [3.05, 3.63) is 81.2 Å². The Balaban J connectivity index is 1.45. The third kappa shape index (κ3) is 5.55. The number of nitrogens with one attached hydrogen (secondary N) is 1. The Morgan fingerprint density at radius 1 is 1.08 bits per heavy atom. The van der Waals surface area contributed by atoms with Crippen molar-refractivity contribution >= 4 is 39.1 Å². The minimum absolute atomic E-state index is 0.0572. The van der Waals surface area contributed by atoms with E-state index in [1.807, 2.05) is 43.3 Å². The lowest BCUT2D eigenvalue weighted by Gasteiger charge is -2.11. The molecule has 0 saturated carbocycles. The summed E-state index contributed by atoms with van der Waals surface area (Å²) in [6.07, 6.45) is 1.30. The highest BCUT2D eigenvalue weighted by Crippen LogP contribution is 2.28. The summed E-state index contributed by atoms with van der Waals surface area (Å²) >= 11 is 1.08. The molecule has 0 aliphatic heterocycles. The number of aromatic nitrogens is 2. The molecule has 4 rings (SSSR count). The molecular weight excluding hydrogens is 482 g/mol. The van der Waals surface area contributed by atoms with E-state index >= 15 is 0 Å². The normalized spacial score (nSPS) is 10.8. The zero-order valence-electron chi connectivity index (χ0n) is 20.1. The SMILES string of the molecule is COc1ccc(C)cc1NC(=O)Cn1cnc2sc(C(=O)OCCOc3ccccc3)c(C)c2c1=O. The Hall–Kier alpha value is -4.18. The maximum atomic E-state index is 13.1. The number of hydrogen-bond donors (Lipinski definition) is 1. The van der Waals surface area contributed by atoms with Gasteiger partial charge in [-0.3, -0.25) is 14.2 Å². The number of rotatable bonds is 9. The van der Waals surface area contributed by atoms with Crippen LogP contribution in [0.1, 0.15) is 20.8 Å². The summed E-state index contributed by atoms with van der Waals surface area (Å²) in [5.74, 6) is 0.234. The number of methoxy groups -OCH3 is 1. The van der Waals surface area contributed by atoms with Gasteiger partial charge in [0.1, 0.15) is 41.0 Å². The average Bonchev–Trinajstić information content (AvgIpc) is 3.21. The fraction of sp³-hybridized carbons (Fsp3) is 0.231. The van der Waals surface area contributed by atoms with E-state index < -0.39 is 17.4 Å². The van der Waals surface area contributed by atoms with Crippen LogP contribution in [-0.2, 0) is 16.1 Å². The van der Waals surface area contributed by atoms with E-state index in [1.165, 1.54) is 18.0 Å². The van der Waals surface area contributed by atoms with Crippen LogP contribution in [0.15, 0.2) is 59.7 Å². The number of benzene rings is 2. The molecule has 0 bridgehead atoms. The Bertz CT molecular complexity index is 1460. The minimum atomic E-state index is -0.553. The van der Waals surface area contributed by atoms with Crippen LogP contribution in [0, 0.1) is 13.8 Å². The van der Waals surface area contributed by atoms with Gasteiger partial charge in [0.25, 0.3) is 5.56 Å². The molecule has 2 aromatic heterocycles. The van der Waals surface area contributed by atoms with Crippen molar-refractivity contribution < 1.29 is 23.8 Å². The van der Waals surface area contributed by atoms with Crippen molar-refractivity contribution in [2.45, 2.75) is 20.4 Å². The number of thiophene rings is 1. The van der Waals surface area contributed by atoms with Gasteiger partial charge in [0.05, 0.1) is 24.5 Å². The second kappa shape index (κ2) is 11.0. The van der Waals surface area contributed by atoms with Crippen molar-refractivity contribution in [2.75, 3.05) is 25.6 Å². The Morgan fingerprint density at radius 2 is 1.86 bits per heavy atom. The monoisotopic (exact) mass is 507 g/mol. The zero-order valence-corrected chi connectivity index (χ0v) is 20.9. The number of carbonyl (C=O) groups is 2. The number of fused-ring (bicyclic) bond motifs is 1. The minimum Gasteiger partial charge on any atom is -0.495 e. The zero-order chi connectivity index (χ0) is 25.7. The highest BCUT2D eigenvalue weighted by molar-refractivity contribution is 7.20. The number of anilines is 1. The van der Waals surface area contributed by atoms with Gasteiger partial charge in [-0.15, -0.1) is 11.3 Å². The lowest BCUT2D eigenvalue weighted by atomic mass is 10.2. The van der Waals surface area contributed by atoms with Gasteiger partial charge >= 0.3 is 5.97 Å². The standard InChI is InChI=1S/C26H25N3O6S/c1-16-9-10-20(33-3)19(13-16)28-21(30)14-29-15-27-24-22(25(29)31)17(2)23(36-24)26(32)35-12-11-34-18-7-5-4-6-8-18/h4-10,13,15H,11-12,14H2,1-3H3,(H,28,30).